The first-order valence-corrected chi connectivity index (χ1v) is 10.6. The van der Waals surface area contributed by atoms with Crippen molar-refractivity contribution in [2.45, 2.75) is 6.42 Å². The molecule has 0 saturated carbocycles. The van der Waals surface area contributed by atoms with Crippen molar-refractivity contribution < 1.29 is 14.3 Å². The summed E-state index contributed by atoms with van der Waals surface area (Å²) in [6.45, 7) is 2.34. The Morgan fingerprint density at radius 1 is 1.09 bits per heavy atom. The number of hydrogen-bond donors (Lipinski definition) is 0. The minimum absolute atomic E-state index is 0.0370. The molecular weight excluding hydrogens is 406 g/mol. The number of carbonyl (C=O) groups is 1. The number of carbonyl (C=O) groups excluding carboxylic acids is 1. The Bertz CT molecular complexity index is 1210. The van der Waals surface area contributed by atoms with Crippen molar-refractivity contribution in [3.8, 4) is 11.8 Å². The molecule has 1 unspecified atom stereocenters. The molecule has 1 aliphatic rings. The lowest BCUT2D eigenvalue weighted by Crippen LogP contribution is -2.36. The second-order valence-corrected chi connectivity index (χ2v) is 7.79. The number of fused-ring (bicyclic) bond motifs is 1. The summed E-state index contributed by atoms with van der Waals surface area (Å²) < 4.78 is 13.5. The Morgan fingerprint density at radius 2 is 2.00 bits per heavy atom. The normalized spacial score (nSPS) is 16.6. The van der Waals surface area contributed by atoms with Gasteiger partial charge in [-0.05, 0) is 42.3 Å². The molecule has 8 nitrogen and oxygen atoms in total. The van der Waals surface area contributed by atoms with Gasteiger partial charge in [0.15, 0.2) is 0 Å². The summed E-state index contributed by atoms with van der Waals surface area (Å²) >= 11 is 0. The van der Waals surface area contributed by atoms with Crippen molar-refractivity contribution in [2.75, 3.05) is 26.3 Å². The average Bonchev–Trinajstić information content (AvgIpc) is 3.17. The van der Waals surface area contributed by atoms with E-state index in [0.29, 0.717) is 37.6 Å². The van der Waals surface area contributed by atoms with Crippen LogP contribution in [0.15, 0.2) is 73.4 Å². The highest BCUT2D eigenvalue weighted by atomic mass is 16.5. The summed E-state index contributed by atoms with van der Waals surface area (Å²) in [5.41, 5.74) is 2.68. The maximum Gasteiger partial charge on any atom is 0.321 e. The molecule has 1 amide bonds. The summed E-state index contributed by atoms with van der Waals surface area (Å²) in [5, 5.41) is 0. The predicted molar refractivity (Wildman–Crippen MR) is 118 cm³/mol. The SMILES string of the molecule is O=C(c1cccc(Oc2ncccn2)c1)N1CCOCC(Cc2ccc3nccn3c2)C1. The number of hydrogen-bond acceptors (Lipinski definition) is 6. The topological polar surface area (TPSA) is 81.8 Å². The second kappa shape index (κ2) is 9.15. The first kappa shape index (κ1) is 20.1. The predicted octanol–water partition coefficient (Wildman–Crippen LogP) is 3.25. The van der Waals surface area contributed by atoms with Crippen LogP contribution in [-0.2, 0) is 11.2 Å². The Morgan fingerprint density at radius 3 is 2.91 bits per heavy atom. The molecule has 4 aromatic rings. The van der Waals surface area contributed by atoms with Crippen molar-refractivity contribution in [2.24, 2.45) is 5.92 Å². The van der Waals surface area contributed by atoms with Gasteiger partial charge in [0, 0.05) is 55.6 Å². The lowest BCUT2D eigenvalue weighted by atomic mass is 10.0. The number of nitrogens with zero attached hydrogens (tertiary/aromatic N) is 5. The van der Waals surface area contributed by atoms with Crippen LogP contribution in [0.1, 0.15) is 15.9 Å². The van der Waals surface area contributed by atoms with Crippen LogP contribution in [-0.4, -0.2) is 56.5 Å². The number of aromatic nitrogens is 4. The van der Waals surface area contributed by atoms with Gasteiger partial charge >= 0.3 is 6.01 Å². The molecule has 0 spiro atoms. The monoisotopic (exact) mass is 429 g/mol. The van der Waals surface area contributed by atoms with Gasteiger partial charge in [-0.2, -0.15) is 0 Å². The molecule has 162 valence electrons. The fourth-order valence-corrected chi connectivity index (χ4v) is 3.93. The van der Waals surface area contributed by atoms with E-state index in [0.717, 1.165) is 12.1 Å². The third-order valence-corrected chi connectivity index (χ3v) is 5.43. The molecule has 1 atom stereocenters. The van der Waals surface area contributed by atoms with Crippen LogP contribution < -0.4 is 4.74 Å². The molecular formula is C24H23N5O3. The lowest BCUT2D eigenvalue weighted by Gasteiger charge is -2.24. The largest absolute Gasteiger partial charge is 0.424 e. The van der Waals surface area contributed by atoms with E-state index in [4.69, 9.17) is 9.47 Å². The molecule has 0 bridgehead atoms. The van der Waals surface area contributed by atoms with E-state index in [1.54, 1.807) is 48.9 Å². The number of imidazole rings is 1. The molecule has 1 aromatic carbocycles. The van der Waals surface area contributed by atoms with Gasteiger partial charge in [0.05, 0.1) is 13.2 Å². The fraction of sp³-hybridized carbons (Fsp3) is 0.250. The van der Waals surface area contributed by atoms with Crippen molar-refractivity contribution in [1.29, 1.82) is 0 Å². The minimum atomic E-state index is -0.0370. The van der Waals surface area contributed by atoms with E-state index in [9.17, 15) is 4.79 Å². The van der Waals surface area contributed by atoms with Gasteiger partial charge in [0.2, 0.25) is 0 Å². The van der Waals surface area contributed by atoms with Crippen molar-refractivity contribution in [3.05, 3.63) is 84.6 Å². The maximum atomic E-state index is 13.3. The zero-order valence-corrected chi connectivity index (χ0v) is 17.5. The average molecular weight is 429 g/mol. The molecule has 0 aliphatic carbocycles. The van der Waals surface area contributed by atoms with Crippen molar-refractivity contribution in [3.63, 3.8) is 0 Å². The highest BCUT2D eigenvalue weighted by Crippen LogP contribution is 2.21. The molecule has 4 heterocycles. The van der Waals surface area contributed by atoms with Crippen LogP contribution >= 0.6 is 0 Å². The Balaban J connectivity index is 1.29. The minimum Gasteiger partial charge on any atom is -0.424 e. The van der Waals surface area contributed by atoms with Gasteiger partial charge in [-0.3, -0.25) is 4.79 Å². The summed E-state index contributed by atoms with van der Waals surface area (Å²) in [6.07, 6.45) is 9.86. The molecule has 32 heavy (non-hydrogen) atoms. The third-order valence-electron chi connectivity index (χ3n) is 5.43. The molecule has 5 rings (SSSR count). The highest BCUT2D eigenvalue weighted by Gasteiger charge is 2.24. The summed E-state index contributed by atoms with van der Waals surface area (Å²) in [7, 11) is 0. The standard InChI is InChI=1S/C24H23N5O3/c30-23(20-3-1-4-21(14-20)32-24-26-7-2-8-27-24)29-11-12-31-17-19(16-29)13-18-5-6-22-25-9-10-28(22)15-18/h1-10,14-15,19H,11-13,16-17H2. The number of pyridine rings is 1. The third kappa shape index (κ3) is 4.60. The van der Waals surface area contributed by atoms with E-state index in [-0.39, 0.29) is 17.8 Å². The van der Waals surface area contributed by atoms with Crippen LogP contribution in [0.4, 0.5) is 0 Å². The van der Waals surface area contributed by atoms with Crippen LogP contribution in [0.25, 0.3) is 5.65 Å². The first-order valence-electron chi connectivity index (χ1n) is 10.6. The van der Waals surface area contributed by atoms with Crippen LogP contribution in [0, 0.1) is 5.92 Å². The van der Waals surface area contributed by atoms with Crippen LogP contribution in [0.5, 0.6) is 11.8 Å². The highest BCUT2D eigenvalue weighted by molar-refractivity contribution is 5.94. The zero-order chi connectivity index (χ0) is 21.8. The van der Waals surface area contributed by atoms with E-state index in [1.807, 2.05) is 21.6 Å². The Labute approximate surface area is 185 Å². The number of amides is 1. The summed E-state index contributed by atoms with van der Waals surface area (Å²) in [6, 6.07) is 13.2. The first-order chi connectivity index (χ1) is 15.7. The molecule has 0 radical (unpaired) electrons. The van der Waals surface area contributed by atoms with Gasteiger partial charge < -0.3 is 18.8 Å². The van der Waals surface area contributed by atoms with Crippen LogP contribution in [0.2, 0.25) is 0 Å². The molecule has 1 saturated heterocycles. The summed E-state index contributed by atoms with van der Waals surface area (Å²) in [5.74, 6) is 0.697. The van der Waals surface area contributed by atoms with Crippen LogP contribution in [0.3, 0.4) is 0 Å². The molecule has 1 aliphatic heterocycles. The maximum absolute atomic E-state index is 13.3. The quantitative estimate of drug-likeness (QED) is 0.484. The second-order valence-electron chi connectivity index (χ2n) is 7.79. The Hall–Kier alpha value is -3.78. The molecule has 3 aromatic heterocycles. The lowest BCUT2D eigenvalue weighted by molar-refractivity contribution is 0.0737. The van der Waals surface area contributed by atoms with E-state index in [2.05, 4.69) is 27.2 Å². The molecule has 0 N–H and O–H groups in total. The number of ether oxygens (including phenoxy) is 2. The smallest absolute Gasteiger partial charge is 0.321 e. The van der Waals surface area contributed by atoms with Gasteiger partial charge in [-0.25, -0.2) is 15.0 Å². The van der Waals surface area contributed by atoms with Crippen molar-refractivity contribution >= 4 is 11.6 Å². The van der Waals surface area contributed by atoms with E-state index in [1.165, 1.54) is 5.56 Å². The molecule has 8 heteroatoms. The van der Waals surface area contributed by atoms with Gasteiger partial charge in [0.1, 0.15) is 11.4 Å². The van der Waals surface area contributed by atoms with Crippen molar-refractivity contribution in [1.82, 2.24) is 24.3 Å². The number of benzene rings is 1. The van der Waals surface area contributed by atoms with E-state index >= 15 is 0 Å². The fourth-order valence-electron chi connectivity index (χ4n) is 3.93. The van der Waals surface area contributed by atoms with Gasteiger partial charge in [-0.1, -0.05) is 12.1 Å². The van der Waals surface area contributed by atoms with Gasteiger partial charge in [0.25, 0.3) is 5.91 Å². The zero-order valence-electron chi connectivity index (χ0n) is 17.5. The van der Waals surface area contributed by atoms with E-state index < -0.39 is 0 Å². The Kier molecular flexibility index (Phi) is 5.76. The molecule has 1 fully saturated rings. The van der Waals surface area contributed by atoms with Gasteiger partial charge in [-0.15, -0.1) is 0 Å². The number of rotatable bonds is 5. The summed E-state index contributed by atoms with van der Waals surface area (Å²) in [4.78, 5) is 27.6.